The van der Waals surface area contributed by atoms with Crippen molar-refractivity contribution in [3.05, 3.63) is 16.4 Å². The number of thioether (sulfide) groups is 1. The van der Waals surface area contributed by atoms with Crippen LogP contribution in [0.2, 0.25) is 0 Å². The van der Waals surface area contributed by atoms with Crippen LogP contribution in [-0.4, -0.2) is 39.5 Å². The fourth-order valence-corrected chi connectivity index (χ4v) is 2.63. The molecular weight excluding hydrogens is 242 g/mol. The number of aromatic nitrogens is 2. The molecule has 0 aliphatic carbocycles. The third-order valence-electron chi connectivity index (χ3n) is 2.54. The third-order valence-corrected chi connectivity index (χ3v) is 3.58. The van der Waals surface area contributed by atoms with E-state index < -0.39 is 4.92 Å². The minimum Gasteiger partial charge on any atom is -0.378 e. The zero-order valence-electron chi connectivity index (χ0n) is 9.20. The standard InChI is InChI=1S/C9H13N5O2S/c10-8-7(14(15)16)9(12-6-11-8)13-2-1-4-17-5-3-13/h6H,1-5H2,(H2,10,11,12). The van der Waals surface area contributed by atoms with Crippen molar-refractivity contribution >= 4 is 29.1 Å². The monoisotopic (exact) mass is 255 g/mol. The number of nitrogens with two attached hydrogens (primary N) is 1. The molecule has 92 valence electrons. The van der Waals surface area contributed by atoms with Crippen LogP contribution < -0.4 is 10.6 Å². The molecule has 17 heavy (non-hydrogen) atoms. The zero-order valence-corrected chi connectivity index (χ0v) is 10.0. The molecule has 1 aromatic heterocycles. The molecule has 2 rings (SSSR count). The van der Waals surface area contributed by atoms with Gasteiger partial charge >= 0.3 is 5.69 Å². The van der Waals surface area contributed by atoms with Gasteiger partial charge in [-0.05, 0) is 12.2 Å². The minimum atomic E-state index is -0.511. The summed E-state index contributed by atoms with van der Waals surface area (Å²) in [6.07, 6.45) is 2.27. The van der Waals surface area contributed by atoms with Gasteiger partial charge in [-0.3, -0.25) is 10.1 Å². The van der Waals surface area contributed by atoms with Crippen LogP contribution in [0, 0.1) is 10.1 Å². The van der Waals surface area contributed by atoms with Crippen molar-refractivity contribution in [1.82, 2.24) is 9.97 Å². The van der Waals surface area contributed by atoms with Crippen molar-refractivity contribution in [2.75, 3.05) is 35.2 Å². The summed E-state index contributed by atoms with van der Waals surface area (Å²) in [6, 6.07) is 0. The lowest BCUT2D eigenvalue weighted by Gasteiger charge is -2.20. The van der Waals surface area contributed by atoms with Crippen molar-refractivity contribution in [2.45, 2.75) is 6.42 Å². The van der Waals surface area contributed by atoms with Gasteiger partial charge in [0.25, 0.3) is 0 Å². The van der Waals surface area contributed by atoms with Gasteiger partial charge in [0.1, 0.15) is 6.33 Å². The molecule has 2 N–H and O–H groups in total. The second-order valence-electron chi connectivity index (χ2n) is 3.64. The molecule has 2 heterocycles. The molecule has 0 aromatic carbocycles. The highest BCUT2D eigenvalue weighted by Gasteiger charge is 2.25. The van der Waals surface area contributed by atoms with E-state index in [1.165, 1.54) is 6.33 Å². The predicted octanol–water partition coefficient (Wildman–Crippen LogP) is 0.910. The molecule has 0 radical (unpaired) electrons. The average molecular weight is 255 g/mol. The maximum absolute atomic E-state index is 11.0. The van der Waals surface area contributed by atoms with Crippen molar-refractivity contribution in [1.29, 1.82) is 0 Å². The molecule has 1 aliphatic heterocycles. The molecule has 0 bridgehead atoms. The lowest BCUT2D eigenvalue weighted by molar-refractivity contribution is -0.383. The van der Waals surface area contributed by atoms with Crippen molar-refractivity contribution < 1.29 is 4.92 Å². The fraction of sp³-hybridized carbons (Fsp3) is 0.556. The fourth-order valence-electron chi connectivity index (χ4n) is 1.75. The SMILES string of the molecule is Nc1ncnc(N2CCCSCC2)c1[N+](=O)[O-]. The number of anilines is 2. The van der Waals surface area contributed by atoms with Crippen LogP contribution in [0.15, 0.2) is 6.33 Å². The topological polar surface area (TPSA) is 98.2 Å². The van der Waals surface area contributed by atoms with Crippen molar-refractivity contribution in [3.63, 3.8) is 0 Å². The Hall–Kier alpha value is -1.57. The van der Waals surface area contributed by atoms with Gasteiger partial charge in [0.2, 0.25) is 11.6 Å². The Morgan fingerprint density at radius 3 is 3.00 bits per heavy atom. The van der Waals surface area contributed by atoms with Crippen LogP contribution in [-0.2, 0) is 0 Å². The molecule has 0 atom stereocenters. The first-order valence-electron chi connectivity index (χ1n) is 5.27. The molecule has 1 aliphatic rings. The van der Waals surface area contributed by atoms with E-state index in [2.05, 4.69) is 9.97 Å². The molecule has 8 heteroatoms. The third kappa shape index (κ3) is 2.57. The minimum absolute atomic E-state index is 0.0723. The normalized spacial score (nSPS) is 16.6. The van der Waals surface area contributed by atoms with E-state index in [4.69, 9.17) is 5.73 Å². The molecule has 1 saturated heterocycles. The highest BCUT2D eigenvalue weighted by atomic mass is 32.2. The quantitative estimate of drug-likeness (QED) is 0.619. The Labute approximate surface area is 103 Å². The van der Waals surface area contributed by atoms with Crippen molar-refractivity contribution in [2.24, 2.45) is 0 Å². The van der Waals surface area contributed by atoms with Gasteiger partial charge in [-0.2, -0.15) is 11.8 Å². The van der Waals surface area contributed by atoms with E-state index in [1.807, 2.05) is 16.7 Å². The first-order chi connectivity index (χ1) is 8.20. The van der Waals surface area contributed by atoms with E-state index >= 15 is 0 Å². The molecule has 0 saturated carbocycles. The molecule has 1 aromatic rings. The molecule has 7 nitrogen and oxygen atoms in total. The summed E-state index contributed by atoms with van der Waals surface area (Å²) in [5.41, 5.74) is 5.36. The molecular formula is C9H13N5O2S. The second kappa shape index (κ2) is 5.17. The summed E-state index contributed by atoms with van der Waals surface area (Å²) in [7, 11) is 0. The summed E-state index contributed by atoms with van der Waals surface area (Å²) in [5, 5.41) is 11.0. The number of nitrogens with zero attached hydrogens (tertiary/aromatic N) is 4. The number of hydrogen-bond donors (Lipinski definition) is 1. The first-order valence-corrected chi connectivity index (χ1v) is 6.43. The van der Waals surface area contributed by atoms with E-state index in [0.29, 0.717) is 5.82 Å². The first kappa shape index (κ1) is 11.9. The van der Waals surface area contributed by atoms with Crippen LogP contribution in [0.3, 0.4) is 0 Å². The van der Waals surface area contributed by atoms with Crippen LogP contribution >= 0.6 is 11.8 Å². The zero-order chi connectivity index (χ0) is 12.3. The number of hydrogen-bond acceptors (Lipinski definition) is 7. The van der Waals surface area contributed by atoms with Gasteiger partial charge in [0.15, 0.2) is 0 Å². The molecule has 0 unspecified atom stereocenters. The van der Waals surface area contributed by atoms with Crippen LogP contribution in [0.4, 0.5) is 17.3 Å². The van der Waals surface area contributed by atoms with Gasteiger partial charge in [0, 0.05) is 18.8 Å². The Balaban J connectivity index is 2.36. The van der Waals surface area contributed by atoms with E-state index in [0.717, 1.165) is 31.0 Å². The van der Waals surface area contributed by atoms with Crippen LogP contribution in [0.1, 0.15) is 6.42 Å². The van der Waals surface area contributed by atoms with E-state index in [-0.39, 0.29) is 11.5 Å². The summed E-state index contributed by atoms with van der Waals surface area (Å²) in [5.74, 6) is 2.29. The maximum Gasteiger partial charge on any atom is 0.353 e. The molecule has 1 fully saturated rings. The van der Waals surface area contributed by atoms with Crippen molar-refractivity contribution in [3.8, 4) is 0 Å². The second-order valence-corrected chi connectivity index (χ2v) is 4.87. The van der Waals surface area contributed by atoms with Gasteiger partial charge in [-0.25, -0.2) is 9.97 Å². The van der Waals surface area contributed by atoms with Gasteiger partial charge in [0.05, 0.1) is 4.92 Å². The Bertz CT molecular complexity index is 420. The van der Waals surface area contributed by atoms with Crippen LogP contribution in [0.25, 0.3) is 0 Å². The largest absolute Gasteiger partial charge is 0.378 e. The summed E-state index contributed by atoms with van der Waals surface area (Å²) < 4.78 is 0. The average Bonchev–Trinajstić information content (AvgIpc) is 2.56. The number of nitro groups is 1. The molecule has 0 spiro atoms. The van der Waals surface area contributed by atoms with Crippen LogP contribution in [0.5, 0.6) is 0 Å². The lowest BCUT2D eigenvalue weighted by atomic mass is 10.3. The predicted molar refractivity (Wildman–Crippen MR) is 67.3 cm³/mol. The summed E-state index contributed by atoms with van der Waals surface area (Å²) >= 11 is 1.85. The Kier molecular flexibility index (Phi) is 3.62. The number of nitrogen functional groups attached to an aromatic ring is 1. The smallest absolute Gasteiger partial charge is 0.353 e. The lowest BCUT2D eigenvalue weighted by Crippen LogP contribution is -2.27. The highest BCUT2D eigenvalue weighted by molar-refractivity contribution is 7.99. The summed E-state index contributed by atoms with van der Waals surface area (Å²) in [4.78, 5) is 20.1. The maximum atomic E-state index is 11.0. The summed E-state index contributed by atoms with van der Waals surface area (Å²) in [6.45, 7) is 1.52. The highest BCUT2D eigenvalue weighted by Crippen LogP contribution is 2.30. The number of rotatable bonds is 2. The Morgan fingerprint density at radius 2 is 2.24 bits per heavy atom. The van der Waals surface area contributed by atoms with E-state index in [9.17, 15) is 10.1 Å². The molecule has 0 amide bonds. The van der Waals surface area contributed by atoms with Gasteiger partial charge in [-0.15, -0.1) is 0 Å². The Morgan fingerprint density at radius 1 is 1.41 bits per heavy atom. The van der Waals surface area contributed by atoms with Gasteiger partial charge in [-0.1, -0.05) is 0 Å². The van der Waals surface area contributed by atoms with Gasteiger partial charge < -0.3 is 10.6 Å². The van der Waals surface area contributed by atoms with E-state index in [1.54, 1.807) is 0 Å².